The monoisotopic (exact) mass is 348 g/mol. The number of carbonyl (C=O) groups excluding carboxylic acids is 2. The van der Waals surface area contributed by atoms with Gasteiger partial charge in [0.15, 0.2) is 0 Å². The maximum absolute atomic E-state index is 13.8. The van der Waals surface area contributed by atoms with Crippen LogP contribution in [0.25, 0.3) is 0 Å². The number of rotatable bonds is 4. The lowest BCUT2D eigenvalue weighted by Crippen LogP contribution is -2.19. The van der Waals surface area contributed by atoms with Crippen molar-refractivity contribution in [2.24, 2.45) is 0 Å². The third-order valence-corrected chi connectivity index (χ3v) is 3.85. The lowest BCUT2D eigenvalue weighted by molar-refractivity contribution is 0.102. The van der Waals surface area contributed by atoms with Gasteiger partial charge in [-0.1, -0.05) is 42.0 Å². The molecule has 3 rings (SSSR count). The van der Waals surface area contributed by atoms with Crippen molar-refractivity contribution in [1.29, 1.82) is 0 Å². The first-order valence-electron chi connectivity index (χ1n) is 8.07. The molecule has 0 aliphatic rings. The highest BCUT2D eigenvalue weighted by Crippen LogP contribution is 2.19. The number of hydrogen-bond acceptors (Lipinski definition) is 2. The SMILES string of the molecule is Cc1ccc(NC(=O)c2ccccc2NC(=O)c2ccccc2F)cc1. The molecule has 3 aromatic rings. The van der Waals surface area contributed by atoms with E-state index in [9.17, 15) is 14.0 Å². The molecule has 130 valence electrons. The maximum Gasteiger partial charge on any atom is 0.258 e. The molecular formula is C21H17FN2O2. The van der Waals surface area contributed by atoms with Crippen LogP contribution < -0.4 is 10.6 Å². The highest BCUT2D eigenvalue weighted by molar-refractivity contribution is 6.12. The second kappa shape index (κ2) is 7.61. The van der Waals surface area contributed by atoms with E-state index in [0.29, 0.717) is 11.4 Å². The Labute approximate surface area is 150 Å². The van der Waals surface area contributed by atoms with Crippen molar-refractivity contribution < 1.29 is 14.0 Å². The van der Waals surface area contributed by atoms with Gasteiger partial charge < -0.3 is 10.6 Å². The highest BCUT2D eigenvalue weighted by atomic mass is 19.1. The molecule has 5 heteroatoms. The highest BCUT2D eigenvalue weighted by Gasteiger charge is 2.16. The zero-order valence-electron chi connectivity index (χ0n) is 14.1. The zero-order chi connectivity index (χ0) is 18.5. The molecule has 0 aliphatic carbocycles. The fourth-order valence-corrected chi connectivity index (χ4v) is 2.46. The van der Waals surface area contributed by atoms with Gasteiger partial charge in [-0.15, -0.1) is 0 Å². The van der Waals surface area contributed by atoms with Gasteiger partial charge in [0.1, 0.15) is 5.82 Å². The first-order chi connectivity index (χ1) is 12.5. The van der Waals surface area contributed by atoms with Crippen molar-refractivity contribution in [1.82, 2.24) is 0 Å². The molecule has 0 saturated heterocycles. The molecule has 0 aliphatic heterocycles. The number of benzene rings is 3. The number of para-hydroxylation sites is 1. The van der Waals surface area contributed by atoms with Gasteiger partial charge in [-0.25, -0.2) is 4.39 Å². The Hall–Kier alpha value is -3.47. The number of halogens is 1. The number of carbonyl (C=O) groups is 2. The molecule has 26 heavy (non-hydrogen) atoms. The lowest BCUT2D eigenvalue weighted by Gasteiger charge is -2.12. The molecule has 0 unspecified atom stereocenters. The van der Waals surface area contributed by atoms with E-state index in [0.717, 1.165) is 5.56 Å². The van der Waals surface area contributed by atoms with Crippen molar-refractivity contribution in [2.45, 2.75) is 6.92 Å². The summed E-state index contributed by atoms with van der Waals surface area (Å²) in [6.07, 6.45) is 0. The number of nitrogens with one attached hydrogen (secondary N) is 2. The molecule has 0 aromatic heterocycles. The normalized spacial score (nSPS) is 10.2. The Morgan fingerprint density at radius 2 is 1.31 bits per heavy atom. The molecule has 0 saturated carbocycles. The maximum atomic E-state index is 13.8. The van der Waals surface area contributed by atoms with Crippen molar-refractivity contribution in [2.75, 3.05) is 10.6 Å². The summed E-state index contributed by atoms with van der Waals surface area (Å²) in [5, 5.41) is 5.39. The summed E-state index contributed by atoms with van der Waals surface area (Å²) < 4.78 is 13.8. The fraction of sp³-hybridized carbons (Fsp3) is 0.0476. The minimum Gasteiger partial charge on any atom is -0.322 e. The van der Waals surface area contributed by atoms with Gasteiger partial charge in [0.2, 0.25) is 0 Å². The smallest absolute Gasteiger partial charge is 0.258 e. The van der Waals surface area contributed by atoms with Gasteiger partial charge >= 0.3 is 0 Å². The van der Waals surface area contributed by atoms with E-state index in [2.05, 4.69) is 10.6 Å². The van der Waals surface area contributed by atoms with Crippen molar-refractivity contribution in [3.05, 3.63) is 95.3 Å². The van der Waals surface area contributed by atoms with Crippen LogP contribution in [0.3, 0.4) is 0 Å². The first kappa shape index (κ1) is 17.4. The van der Waals surface area contributed by atoms with Crippen molar-refractivity contribution in [3.8, 4) is 0 Å². The number of hydrogen-bond donors (Lipinski definition) is 2. The Morgan fingerprint density at radius 1 is 0.731 bits per heavy atom. The predicted molar refractivity (Wildman–Crippen MR) is 99.9 cm³/mol. The molecule has 0 bridgehead atoms. The third-order valence-electron chi connectivity index (χ3n) is 3.85. The summed E-state index contributed by atoms with van der Waals surface area (Å²) in [6, 6.07) is 19.7. The molecule has 0 radical (unpaired) electrons. The van der Waals surface area contributed by atoms with E-state index in [-0.39, 0.29) is 17.0 Å². The summed E-state index contributed by atoms with van der Waals surface area (Å²) in [6.45, 7) is 1.96. The molecule has 0 atom stereocenters. The Balaban J connectivity index is 1.81. The number of anilines is 2. The molecule has 2 N–H and O–H groups in total. The van der Waals surface area contributed by atoms with Gasteiger partial charge in [0.25, 0.3) is 11.8 Å². The largest absolute Gasteiger partial charge is 0.322 e. The Morgan fingerprint density at radius 3 is 2.00 bits per heavy atom. The van der Waals surface area contributed by atoms with Crippen molar-refractivity contribution >= 4 is 23.2 Å². The van der Waals surface area contributed by atoms with Crippen LogP contribution in [0.4, 0.5) is 15.8 Å². The van der Waals surface area contributed by atoms with Crippen LogP contribution in [0, 0.1) is 12.7 Å². The summed E-state index contributed by atoms with van der Waals surface area (Å²) in [7, 11) is 0. The molecule has 0 spiro atoms. The lowest BCUT2D eigenvalue weighted by atomic mass is 10.1. The second-order valence-corrected chi connectivity index (χ2v) is 5.80. The van der Waals surface area contributed by atoms with Gasteiger partial charge in [-0.3, -0.25) is 9.59 Å². The number of amides is 2. The fourth-order valence-electron chi connectivity index (χ4n) is 2.46. The minimum absolute atomic E-state index is 0.0822. The molecule has 2 amide bonds. The average molecular weight is 348 g/mol. The first-order valence-corrected chi connectivity index (χ1v) is 8.07. The quantitative estimate of drug-likeness (QED) is 0.722. The van der Waals surface area contributed by atoms with Crippen molar-refractivity contribution in [3.63, 3.8) is 0 Å². The van der Waals surface area contributed by atoms with Gasteiger partial charge in [0.05, 0.1) is 16.8 Å². The van der Waals surface area contributed by atoms with Gasteiger partial charge in [0, 0.05) is 5.69 Å². The molecule has 0 heterocycles. The summed E-state index contributed by atoms with van der Waals surface area (Å²) in [5.74, 6) is -1.59. The number of aryl methyl sites for hydroxylation is 1. The van der Waals surface area contributed by atoms with E-state index in [1.165, 1.54) is 18.2 Å². The zero-order valence-corrected chi connectivity index (χ0v) is 14.1. The van der Waals surface area contributed by atoms with Crippen LogP contribution in [0.2, 0.25) is 0 Å². The van der Waals surface area contributed by atoms with E-state index in [4.69, 9.17) is 0 Å². The predicted octanol–water partition coefficient (Wildman–Crippen LogP) is 4.64. The standard InChI is InChI=1S/C21H17FN2O2/c1-14-10-12-15(13-11-14)23-21(26)17-7-3-5-9-19(17)24-20(25)16-6-2-4-8-18(16)22/h2-13H,1H3,(H,23,26)(H,24,25). The third kappa shape index (κ3) is 3.95. The van der Waals surface area contributed by atoms with Crippen LogP contribution in [-0.2, 0) is 0 Å². The Bertz CT molecular complexity index is 952. The average Bonchev–Trinajstić information content (AvgIpc) is 2.64. The molecule has 0 fully saturated rings. The van der Waals surface area contributed by atoms with Crippen LogP contribution >= 0.6 is 0 Å². The van der Waals surface area contributed by atoms with E-state index >= 15 is 0 Å². The summed E-state index contributed by atoms with van der Waals surface area (Å²) >= 11 is 0. The van der Waals surface area contributed by atoms with Gasteiger partial charge in [-0.2, -0.15) is 0 Å². The van der Waals surface area contributed by atoms with E-state index in [1.54, 1.807) is 42.5 Å². The van der Waals surface area contributed by atoms with Crippen LogP contribution in [0.15, 0.2) is 72.8 Å². The minimum atomic E-state index is -0.619. The summed E-state index contributed by atoms with van der Waals surface area (Å²) in [4.78, 5) is 24.9. The molecule has 4 nitrogen and oxygen atoms in total. The van der Waals surface area contributed by atoms with E-state index < -0.39 is 11.7 Å². The molecule has 3 aromatic carbocycles. The van der Waals surface area contributed by atoms with Crippen LogP contribution in [0.1, 0.15) is 26.3 Å². The van der Waals surface area contributed by atoms with Gasteiger partial charge in [-0.05, 0) is 43.3 Å². The van der Waals surface area contributed by atoms with Crippen LogP contribution in [-0.4, -0.2) is 11.8 Å². The van der Waals surface area contributed by atoms with Crippen LogP contribution in [0.5, 0.6) is 0 Å². The Kier molecular flexibility index (Phi) is 5.08. The second-order valence-electron chi connectivity index (χ2n) is 5.80. The molecular weight excluding hydrogens is 331 g/mol. The summed E-state index contributed by atoms with van der Waals surface area (Å²) in [5.41, 5.74) is 2.25. The van der Waals surface area contributed by atoms with E-state index in [1.807, 2.05) is 19.1 Å². The topological polar surface area (TPSA) is 58.2 Å².